The Morgan fingerprint density at radius 2 is 0.758 bits per heavy atom. The number of piperidine rings is 3. The Labute approximate surface area is 210 Å². The first-order valence-electron chi connectivity index (χ1n) is 13.4. The minimum atomic E-state index is 0. The van der Waals surface area contributed by atoms with Crippen molar-refractivity contribution in [2.75, 3.05) is 80.5 Å². The van der Waals surface area contributed by atoms with Crippen molar-refractivity contribution in [1.82, 2.24) is 19.6 Å². The fourth-order valence-corrected chi connectivity index (χ4v) is 5.47. The summed E-state index contributed by atoms with van der Waals surface area (Å²) < 4.78 is 0. The number of nitrogens with zero attached hydrogens (tertiary/aromatic N) is 4. The Bertz CT molecular complexity index is 408. The van der Waals surface area contributed by atoms with Gasteiger partial charge in [-0.05, 0) is 129 Å². The van der Waals surface area contributed by atoms with Crippen molar-refractivity contribution in [1.29, 1.82) is 0 Å². The van der Waals surface area contributed by atoms with Gasteiger partial charge in [-0.1, -0.05) is 42.5 Å². The highest BCUT2D eigenvalue weighted by atomic mass is 15.2. The molecule has 0 spiro atoms. The van der Waals surface area contributed by atoms with Gasteiger partial charge in [0.2, 0.25) is 0 Å². The third-order valence-electron chi connectivity index (χ3n) is 8.45. The fraction of sp³-hybridized carbons (Fsp3) is 1.00. The van der Waals surface area contributed by atoms with Crippen LogP contribution in [-0.2, 0) is 0 Å². The molecule has 0 aromatic carbocycles. The number of likely N-dealkylation sites (tertiary alicyclic amines) is 4. The second kappa shape index (κ2) is 16.5. The molecule has 200 valence electrons. The second-order valence-corrected chi connectivity index (χ2v) is 12.0. The fourth-order valence-electron chi connectivity index (χ4n) is 5.47. The average molecular weight is 469 g/mol. The van der Waals surface area contributed by atoms with E-state index in [0.29, 0.717) is 0 Å². The minimum absolute atomic E-state index is 0. The van der Waals surface area contributed by atoms with Crippen LogP contribution in [0.3, 0.4) is 0 Å². The van der Waals surface area contributed by atoms with E-state index in [1.807, 2.05) is 0 Å². The molecule has 0 bridgehead atoms. The molecule has 1 aliphatic carbocycles. The zero-order valence-corrected chi connectivity index (χ0v) is 22.4. The highest BCUT2D eigenvalue weighted by molar-refractivity contribution is 5.01. The van der Waals surface area contributed by atoms with Crippen LogP contribution in [0.1, 0.15) is 74.7 Å². The summed E-state index contributed by atoms with van der Waals surface area (Å²) in [6.45, 7) is 19.9. The van der Waals surface area contributed by atoms with E-state index in [9.17, 15) is 0 Å². The molecule has 4 saturated heterocycles. The number of hydrogen-bond donors (Lipinski definition) is 0. The summed E-state index contributed by atoms with van der Waals surface area (Å²) in [7, 11) is 8.81. The minimum Gasteiger partial charge on any atom is -0.306 e. The summed E-state index contributed by atoms with van der Waals surface area (Å²) in [4.78, 5) is 9.62. The predicted molar refractivity (Wildman–Crippen MR) is 150 cm³/mol. The predicted octanol–water partition coefficient (Wildman–Crippen LogP) is 5.74. The van der Waals surface area contributed by atoms with E-state index >= 15 is 0 Å². The van der Waals surface area contributed by atoms with Crippen molar-refractivity contribution >= 4 is 0 Å². The van der Waals surface area contributed by atoms with Gasteiger partial charge in [0.15, 0.2) is 0 Å². The van der Waals surface area contributed by atoms with Gasteiger partial charge in [-0.15, -0.1) is 0 Å². The van der Waals surface area contributed by atoms with Gasteiger partial charge < -0.3 is 19.6 Å². The number of rotatable bonds is 0. The Morgan fingerprint density at radius 3 is 0.970 bits per heavy atom. The summed E-state index contributed by atoms with van der Waals surface area (Å²) in [6, 6.07) is 0. The van der Waals surface area contributed by atoms with Gasteiger partial charge in [-0.3, -0.25) is 0 Å². The van der Waals surface area contributed by atoms with E-state index in [1.54, 1.807) is 0 Å². The highest BCUT2D eigenvalue weighted by Gasteiger charge is 2.51. The molecule has 0 radical (unpaired) electrons. The molecule has 4 heteroatoms. The largest absolute Gasteiger partial charge is 0.306 e. The van der Waals surface area contributed by atoms with Crippen LogP contribution in [0.25, 0.3) is 0 Å². The van der Waals surface area contributed by atoms with Gasteiger partial charge in [0, 0.05) is 19.6 Å². The number of fused-ring (bicyclic) bond motifs is 1. The molecule has 1 saturated carbocycles. The summed E-state index contributed by atoms with van der Waals surface area (Å²) >= 11 is 0. The van der Waals surface area contributed by atoms with Gasteiger partial charge in [-0.2, -0.15) is 0 Å². The molecule has 0 amide bonds. The van der Waals surface area contributed by atoms with Crippen LogP contribution >= 0.6 is 0 Å². The summed E-state index contributed by atoms with van der Waals surface area (Å²) in [6.07, 6.45) is 7.00. The van der Waals surface area contributed by atoms with E-state index in [4.69, 9.17) is 0 Å². The summed E-state index contributed by atoms with van der Waals surface area (Å²) in [5, 5.41) is 0. The Kier molecular flexibility index (Phi) is 16.4. The highest BCUT2D eigenvalue weighted by Crippen LogP contribution is 2.50. The Balaban J connectivity index is 0.000000406. The van der Waals surface area contributed by atoms with Gasteiger partial charge >= 0.3 is 0 Å². The molecule has 4 heterocycles. The first-order valence-corrected chi connectivity index (χ1v) is 13.4. The molecule has 33 heavy (non-hydrogen) atoms. The summed E-state index contributed by atoms with van der Waals surface area (Å²) in [5.41, 5.74) is 0. The molecule has 0 aromatic heterocycles. The molecule has 2 unspecified atom stereocenters. The van der Waals surface area contributed by atoms with Crippen LogP contribution in [0.15, 0.2) is 0 Å². The van der Waals surface area contributed by atoms with Gasteiger partial charge in [0.1, 0.15) is 0 Å². The van der Waals surface area contributed by atoms with Crippen molar-refractivity contribution < 1.29 is 0 Å². The maximum Gasteiger partial charge on any atom is 0.00126 e. The maximum atomic E-state index is 2.44. The molecule has 0 aromatic rings. The van der Waals surface area contributed by atoms with Crippen LogP contribution in [0, 0.1) is 35.5 Å². The van der Waals surface area contributed by atoms with Crippen molar-refractivity contribution in [3.05, 3.63) is 0 Å². The lowest BCUT2D eigenvalue weighted by Gasteiger charge is -2.26. The van der Waals surface area contributed by atoms with Crippen molar-refractivity contribution in [3.63, 3.8) is 0 Å². The molecule has 5 fully saturated rings. The second-order valence-electron chi connectivity index (χ2n) is 12.0. The van der Waals surface area contributed by atoms with Crippen LogP contribution in [0.5, 0.6) is 0 Å². The molecule has 0 N–H and O–H groups in total. The maximum absolute atomic E-state index is 2.44. The SMILES string of the molecule is C.C.CC1C2CN(C)CC12.CC1CCN(C)CC1.CC1CCN(C)CC1.C[C@@H]1CCN(C)C1. The molecular weight excluding hydrogens is 404 g/mol. The summed E-state index contributed by atoms with van der Waals surface area (Å²) in [5.74, 6) is 6.13. The monoisotopic (exact) mass is 469 g/mol. The smallest absolute Gasteiger partial charge is 0.00126 e. The molecule has 4 nitrogen and oxygen atoms in total. The van der Waals surface area contributed by atoms with Gasteiger partial charge in [0.25, 0.3) is 0 Å². The molecule has 5 aliphatic rings. The standard InChI is InChI=1S/C7H13N.2C7H15N.C6H13N.2CH4/c1-5-6-3-8(2)4-7(5)6;2*1-7-3-5-8(2)6-4-7;1-6-3-4-7(2)5-6;;/h5-7H,3-4H2,1-2H3;2*7H,3-6H2,1-2H3;6H,3-5H2,1-2H3;2*1H4/t;;;6-;;/m...1../s1. The lowest BCUT2D eigenvalue weighted by molar-refractivity contribution is 0.230. The molecular formula is C29H64N4. The zero-order chi connectivity index (χ0) is 23.0. The normalized spacial score (nSPS) is 33.1. The lowest BCUT2D eigenvalue weighted by atomic mass is 10.00. The number of hydrogen-bond acceptors (Lipinski definition) is 4. The topological polar surface area (TPSA) is 13.0 Å². The molecule has 3 atom stereocenters. The van der Waals surface area contributed by atoms with Gasteiger partial charge in [0.05, 0.1) is 0 Å². The van der Waals surface area contributed by atoms with Crippen molar-refractivity contribution in [2.24, 2.45) is 35.5 Å². The Hall–Kier alpha value is -0.160. The molecule has 5 rings (SSSR count). The third kappa shape index (κ3) is 12.9. The van der Waals surface area contributed by atoms with Crippen LogP contribution < -0.4 is 0 Å². The quantitative estimate of drug-likeness (QED) is 0.449. The first kappa shape index (κ1) is 32.8. The van der Waals surface area contributed by atoms with E-state index in [0.717, 1.165) is 35.5 Å². The van der Waals surface area contributed by atoms with Crippen molar-refractivity contribution in [2.45, 2.75) is 74.7 Å². The zero-order valence-electron chi connectivity index (χ0n) is 22.4. The third-order valence-corrected chi connectivity index (χ3v) is 8.45. The lowest BCUT2D eigenvalue weighted by Crippen LogP contribution is -2.28. The van der Waals surface area contributed by atoms with Crippen molar-refractivity contribution in [3.8, 4) is 0 Å². The first-order chi connectivity index (χ1) is 14.7. The van der Waals surface area contributed by atoms with E-state index in [1.165, 1.54) is 84.5 Å². The van der Waals surface area contributed by atoms with E-state index in [-0.39, 0.29) is 14.9 Å². The van der Waals surface area contributed by atoms with Crippen LogP contribution in [0.4, 0.5) is 0 Å². The van der Waals surface area contributed by atoms with Crippen LogP contribution in [0.2, 0.25) is 0 Å². The average Bonchev–Trinajstić information content (AvgIpc) is 3.04. The van der Waals surface area contributed by atoms with E-state index in [2.05, 4.69) is 75.5 Å². The van der Waals surface area contributed by atoms with E-state index < -0.39 is 0 Å². The van der Waals surface area contributed by atoms with Gasteiger partial charge in [-0.25, -0.2) is 0 Å². The Morgan fingerprint density at radius 1 is 0.424 bits per heavy atom. The molecule has 4 aliphatic heterocycles. The van der Waals surface area contributed by atoms with Crippen LogP contribution in [-0.4, -0.2) is 100 Å².